The number of anilines is 1. The summed E-state index contributed by atoms with van der Waals surface area (Å²) >= 11 is 0. The molecule has 4 aromatic rings. The number of carbonyl (C=O) groups excluding carboxylic acids is 2. The molecule has 200 valence electrons. The number of carbonyl (C=O) groups is 2. The normalized spacial score (nSPS) is 10.8. The molecule has 0 fully saturated rings. The number of hydrazone groups is 1. The quantitative estimate of drug-likeness (QED) is 0.226. The van der Waals surface area contributed by atoms with Gasteiger partial charge in [0.1, 0.15) is 5.75 Å². The standard InChI is InChI=1S/C30H30N4O5/c1-20-9-10-21(2)34(20)24-14-12-23(13-15-24)30(36)33-31-18-22-11-16-27(28(17-22)38-4)39-19-29(35)32-25-7-5-6-8-26(25)37-3/h5-18H,19H2,1-4H3,(H,32,35)(H,33,36)/b31-18-. The SMILES string of the molecule is COc1ccccc1NC(=O)COc1ccc(/C=N\NC(=O)c2ccc(-n3c(C)ccc3C)cc2)cc1OC. The molecule has 0 saturated carbocycles. The Labute approximate surface area is 227 Å². The van der Waals surface area contributed by atoms with E-state index in [0.717, 1.165) is 17.1 Å². The van der Waals surface area contributed by atoms with E-state index >= 15 is 0 Å². The number of nitrogens with one attached hydrogen (secondary N) is 2. The Balaban J connectivity index is 1.33. The van der Waals surface area contributed by atoms with E-state index in [1.54, 1.807) is 48.5 Å². The molecule has 0 bridgehead atoms. The minimum atomic E-state index is -0.346. The van der Waals surface area contributed by atoms with Gasteiger partial charge in [-0.3, -0.25) is 9.59 Å². The van der Waals surface area contributed by atoms with E-state index < -0.39 is 0 Å². The summed E-state index contributed by atoms with van der Waals surface area (Å²) in [6.07, 6.45) is 1.50. The van der Waals surface area contributed by atoms with Crippen LogP contribution in [-0.2, 0) is 4.79 Å². The molecule has 0 saturated heterocycles. The summed E-state index contributed by atoms with van der Waals surface area (Å²) in [5, 5.41) is 6.81. The molecular weight excluding hydrogens is 496 g/mol. The Bertz CT molecular complexity index is 1470. The number of ether oxygens (including phenoxy) is 3. The van der Waals surface area contributed by atoms with Crippen LogP contribution in [0.15, 0.2) is 84.0 Å². The van der Waals surface area contributed by atoms with Gasteiger partial charge in [-0.2, -0.15) is 5.10 Å². The van der Waals surface area contributed by atoms with Gasteiger partial charge >= 0.3 is 0 Å². The largest absolute Gasteiger partial charge is 0.495 e. The van der Waals surface area contributed by atoms with Crippen LogP contribution in [0.5, 0.6) is 17.2 Å². The number of hydrogen-bond acceptors (Lipinski definition) is 6. The van der Waals surface area contributed by atoms with Crippen LogP contribution < -0.4 is 25.0 Å². The highest BCUT2D eigenvalue weighted by Crippen LogP contribution is 2.28. The molecule has 0 spiro atoms. The minimum absolute atomic E-state index is 0.222. The topological polar surface area (TPSA) is 103 Å². The zero-order valence-electron chi connectivity index (χ0n) is 22.2. The molecule has 9 nitrogen and oxygen atoms in total. The Hall–Kier alpha value is -5.05. The predicted molar refractivity (Wildman–Crippen MR) is 150 cm³/mol. The molecule has 1 heterocycles. The highest BCUT2D eigenvalue weighted by molar-refractivity contribution is 5.95. The van der Waals surface area contributed by atoms with Crippen molar-refractivity contribution in [1.82, 2.24) is 9.99 Å². The highest BCUT2D eigenvalue weighted by atomic mass is 16.5. The van der Waals surface area contributed by atoms with E-state index in [2.05, 4.69) is 32.5 Å². The maximum absolute atomic E-state index is 12.5. The second kappa shape index (κ2) is 12.5. The predicted octanol–water partition coefficient (Wildman–Crippen LogP) is 4.89. The average molecular weight is 527 g/mol. The molecular formula is C30H30N4O5. The van der Waals surface area contributed by atoms with Gasteiger partial charge in [0, 0.05) is 22.6 Å². The molecule has 0 radical (unpaired) electrons. The number of methoxy groups -OCH3 is 2. The van der Waals surface area contributed by atoms with Gasteiger partial charge in [0.15, 0.2) is 18.1 Å². The lowest BCUT2D eigenvalue weighted by molar-refractivity contribution is -0.118. The van der Waals surface area contributed by atoms with E-state index in [1.165, 1.54) is 20.4 Å². The maximum Gasteiger partial charge on any atom is 0.271 e. The van der Waals surface area contributed by atoms with Crippen molar-refractivity contribution in [3.05, 3.63) is 101 Å². The third-order valence-electron chi connectivity index (χ3n) is 5.97. The zero-order valence-corrected chi connectivity index (χ0v) is 22.2. The lowest BCUT2D eigenvalue weighted by Gasteiger charge is -2.12. The van der Waals surface area contributed by atoms with Crippen LogP contribution in [0, 0.1) is 13.8 Å². The molecule has 3 aromatic carbocycles. The van der Waals surface area contributed by atoms with Crippen molar-refractivity contribution >= 4 is 23.7 Å². The van der Waals surface area contributed by atoms with Gasteiger partial charge in [-0.1, -0.05) is 12.1 Å². The van der Waals surface area contributed by atoms with Crippen LogP contribution in [0.1, 0.15) is 27.3 Å². The first kappa shape index (κ1) is 27.0. The van der Waals surface area contributed by atoms with Crippen LogP contribution in [0.3, 0.4) is 0 Å². The number of amides is 2. The van der Waals surface area contributed by atoms with Gasteiger partial charge in [0.05, 0.1) is 26.1 Å². The van der Waals surface area contributed by atoms with E-state index in [0.29, 0.717) is 34.1 Å². The molecule has 0 unspecified atom stereocenters. The average Bonchev–Trinajstić information content (AvgIpc) is 3.29. The number of nitrogens with zero attached hydrogens (tertiary/aromatic N) is 2. The first-order valence-electron chi connectivity index (χ1n) is 12.2. The maximum atomic E-state index is 12.5. The lowest BCUT2D eigenvalue weighted by atomic mass is 10.2. The summed E-state index contributed by atoms with van der Waals surface area (Å²) < 4.78 is 18.4. The lowest BCUT2D eigenvalue weighted by Crippen LogP contribution is -2.20. The molecule has 2 N–H and O–H groups in total. The second-order valence-corrected chi connectivity index (χ2v) is 8.64. The number of aryl methyl sites for hydroxylation is 2. The van der Waals surface area contributed by atoms with Gasteiger partial charge in [0.2, 0.25) is 0 Å². The van der Waals surface area contributed by atoms with Crippen molar-refractivity contribution in [2.75, 3.05) is 26.1 Å². The summed E-state index contributed by atoms with van der Waals surface area (Å²) in [7, 11) is 3.03. The fourth-order valence-electron chi connectivity index (χ4n) is 4.03. The molecule has 9 heteroatoms. The fourth-order valence-corrected chi connectivity index (χ4v) is 4.03. The van der Waals surface area contributed by atoms with E-state index in [4.69, 9.17) is 14.2 Å². The number of rotatable bonds is 10. The number of aromatic nitrogens is 1. The molecule has 0 aliphatic carbocycles. The van der Waals surface area contributed by atoms with Crippen LogP contribution >= 0.6 is 0 Å². The Kier molecular flexibility index (Phi) is 8.63. The van der Waals surface area contributed by atoms with Gasteiger partial charge < -0.3 is 24.1 Å². The summed E-state index contributed by atoms with van der Waals surface area (Å²) in [6.45, 7) is 3.85. The van der Waals surface area contributed by atoms with Crippen LogP contribution in [0.2, 0.25) is 0 Å². The first-order chi connectivity index (χ1) is 18.9. The van der Waals surface area contributed by atoms with Gasteiger partial charge in [-0.05, 0) is 86.1 Å². The molecule has 2 amide bonds. The molecule has 0 aliphatic rings. The summed E-state index contributed by atoms with van der Waals surface area (Å²) in [5.74, 6) is 0.690. The van der Waals surface area contributed by atoms with E-state index in [9.17, 15) is 9.59 Å². The molecule has 1 aromatic heterocycles. The molecule has 4 rings (SSSR count). The van der Waals surface area contributed by atoms with Crippen LogP contribution in [-0.4, -0.2) is 43.4 Å². The van der Waals surface area contributed by atoms with Crippen molar-refractivity contribution in [2.24, 2.45) is 5.10 Å². The van der Waals surface area contributed by atoms with Crippen LogP contribution in [0.25, 0.3) is 5.69 Å². The number of hydrogen-bond donors (Lipinski definition) is 2. The van der Waals surface area contributed by atoms with Gasteiger partial charge in [-0.15, -0.1) is 0 Å². The first-order valence-corrected chi connectivity index (χ1v) is 12.2. The van der Waals surface area contributed by atoms with Gasteiger partial charge in [-0.25, -0.2) is 5.43 Å². The molecule has 0 aliphatic heterocycles. The van der Waals surface area contributed by atoms with Crippen molar-refractivity contribution in [2.45, 2.75) is 13.8 Å². The number of benzene rings is 3. The molecule has 39 heavy (non-hydrogen) atoms. The third-order valence-corrected chi connectivity index (χ3v) is 5.97. The second-order valence-electron chi connectivity index (χ2n) is 8.64. The Morgan fingerprint density at radius 2 is 1.54 bits per heavy atom. The Morgan fingerprint density at radius 1 is 0.846 bits per heavy atom. The summed E-state index contributed by atoms with van der Waals surface area (Å²) in [6, 6.07) is 23.6. The Morgan fingerprint density at radius 3 is 2.23 bits per heavy atom. The highest BCUT2D eigenvalue weighted by Gasteiger charge is 2.11. The number of para-hydroxylation sites is 2. The van der Waals surface area contributed by atoms with Crippen molar-refractivity contribution in [3.63, 3.8) is 0 Å². The van der Waals surface area contributed by atoms with Crippen molar-refractivity contribution in [1.29, 1.82) is 0 Å². The minimum Gasteiger partial charge on any atom is -0.495 e. The van der Waals surface area contributed by atoms with Crippen molar-refractivity contribution < 1.29 is 23.8 Å². The van der Waals surface area contributed by atoms with Crippen LogP contribution in [0.4, 0.5) is 5.69 Å². The summed E-state index contributed by atoms with van der Waals surface area (Å²) in [5.41, 5.74) is 7.49. The van der Waals surface area contributed by atoms with Crippen molar-refractivity contribution in [3.8, 4) is 22.9 Å². The monoisotopic (exact) mass is 526 g/mol. The third kappa shape index (κ3) is 6.64. The molecule has 0 atom stereocenters. The fraction of sp³-hybridized carbons (Fsp3) is 0.167. The van der Waals surface area contributed by atoms with E-state index in [-0.39, 0.29) is 18.4 Å². The summed E-state index contributed by atoms with van der Waals surface area (Å²) in [4.78, 5) is 24.9. The van der Waals surface area contributed by atoms with Gasteiger partial charge in [0.25, 0.3) is 11.8 Å². The smallest absolute Gasteiger partial charge is 0.271 e. The zero-order chi connectivity index (χ0) is 27.8. The van der Waals surface area contributed by atoms with E-state index in [1.807, 2.05) is 32.0 Å².